The van der Waals surface area contributed by atoms with Crippen molar-refractivity contribution in [3.05, 3.63) is 11.7 Å². The molecule has 0 unspecified atom stereocenters. The van der Waals surface area contributed by atoms with Gasteiger partial charge in [0, 0.05) is 25.0 Å². The van der Waals surface area contributed by atoms with Crippen molar-refractivity contribution in [1.82, 2.24) is 20.4 Å². The summed E-state index contributed by atoms with van der Waals surface area (Å²) >= 11 is 0. The summed E-state index contributed by atoms with van der Waals surface area (Å²) in [6.45, 7) is 3.16. The van der Waals surface area contributed by atoms with Crippen LogP contribution >= 0.6 is 0 Å². The summed E-state index contributed by atoms with van der Waals surface area (Å²) in [6, 6.07) is 1.48. The summed E-state index contributed by atoms with van der Waals surface area (Å²) in [5, 5.41) is 16.3. The lowest BCUT2D eigenvalue weighted by Gasteiger charge is -2.36. The highest BCUT2D eigenvalue weighted by Gasteiger charge is 2.26. The van der Waals surface area contributed by atoms with E-state index in [0.29, 0.717) is 17.8 Å². The van der Waals surface area contributed by atoms with Gasteiger partial charge in [-0.15, -0.1) is 0 Å². The molecular weight excluding hydrogens is 268 g/mol. The van der Waals surface area contributed by atoms with Gasteiger partial charge in [-0.3, -0.25) is 0 Å². The quantitative estimate of drug-likeness (QED) is 0.818. The molecule has 1 saturated heterocycles. The normalized spacial score (nSPS) is 22.1. The number of rotatable bonds is 6. The summed E-state index contributed by atoms with van der Waals surface area (Å²) < 4.78 is 4.88. The van der Waals surface area contributed by atoms with Crippen LogP contribution in [0.1, 0.15) is 50.2 Å². The fourth-order valence-electron chi connectivity index (χ4n) is 3.58. The molecule has 6 nitrogen and oxygen atoms in total. The van der Waals surface area contributed by atoms with E-state index in [2.05, 4.69) is 20.4 Å². The van der Waals surface area contributed by atoms with Crippen LogP contribution < -0.4 is 5.32 Å². The minimum absolute atomic E-state index is 0.181. The first kappa shape index (κ1) is 14.9. The van der Waals surface area contributed by atoms with Gasteiger partial charge in [-0.2, -0.15) is 4.98 Å². The first-order valence-corrected chi connectivity index (χ1v) is 8.25. The molecule has 3 rings (SSSR count). The van der Waals surface area contributed by atoms with Crippen molar-refractivity contribution in [2.24, 2.45) is 0 Å². The van der Waals surface area contributed by atoms with Crippen molar-refractivity contribution in [1.29, 1.82) is 0 Å². The molecule has 1 aliphatic heterocycles. The molecule has 0 spiro atoms. The topological polar surface area (TPSA) is 74.4 Å². The van der Waals surface area contributed by atoms with Gasteiger partial charge in [0.25, 0.3) is 5.89 Å². The van der Waals surface area contributed by atoms with Crippen LogP contribution in [-0.4, -0.2) is 51.9 Å². The number of piperidine rings is 1. The Morgan fingerprint density at radius 2 is 1.95 bits per heavy atom. The van der Waals surface area contributed by atoms with E-state index in [9.17, 15) is 0 Å². The third-order valence-corrected chi connectivity index (χ3v) is 4.80. The number of aliphatic hydroxyl groups excluding tert-OH is 1. The first-order valence-electron chi connectivity index (χ1n) is 8.25. The van der Waals surface area contributed by atoms with Crippen molar-refractivity contribution in [3.8, 4) is 0 Å². The van der Waals surface area contributed by atoms with Gasteiger partial charge in [-0.05, 0) is 38.8 Å². The molecule has 1 aromatic heterocycles. The predicted molar refractivity (Wildman–Crippen MR) is 78.8 cm³/mol. The average molecular weight is 294 g/mol. The monoisotopic (exact) mass is 294 g/mol. The van der Waals surface area contributed by atoms with E-state index in [0.717, 1.165) is 19.0 Å². The lowest BCUT2D eigenvalue weighted by Crippen LogP contribution is -2.46. The second kappa shape index (κ2) is 7.33. The molecule has 1 saturated carbocycles. The molecule has 2 aliphatic rings. The first-order chi connectivity index (χ1) is 10.3. The summed E-state index contributed by atoms with van der Waals surface area (Å²) in [5.74, 6) is 0.977. The zero-order chi connectivity index (χ0) is 14.5. The van der Waals surface area contributed by atoms with Crippen LogP contribution in [0.4, 0.5) is 0 Å². The molecule has 6 heteroatoms. The Hall–Kier alpha value is -0.980. The highest BCUT2D eigenvalue weighted by atomic mass is 16.5. The molecule has 21 heavy (non-hydrogen) atoms. The van der Waals surface area contributed by atoms with Gasteiger partial charge in [0.05, 0.1) is 0 Å². The highest BCUT2D eigenvalue weighted by Crippen LogP contribution is 2.26. The molecule has 0 atom stereocenters. The van der Waals surface area contributed by atoms with Crippen LogP contribution in [0.3, 0.4) is 0 Å². The summed E-state index contributed by atoms with van der Waals surface area (Å²) in [7, 11) is 0. The zero-order valence-electron chi connectivity index (χ0n) is 12.6. The minimum atomic E-state index is -0.181. The SMILES string of the molecule is OCc1nc(CCNC2CCN(C3CCCC3)CC2)no1. The summed E-state index contributed by atoms with van der Waals surface area (Å²) in [6.07, 6.45) is 8.89. The Labute approximate surface area is 125 Å². The van der Waals surface area contributed by atoms with Crippen LogP contribution in [0.25, 0.3) is 0 Å². The van der Waals surface area contributed by atoms with Crippen LogP contribution in [0.15, 0.2) is 4.52 Å². The van der Waals surface area contributed by atoms with Crippen LogP contribution in [0.2, 0.25) is 0 Å². The van der Waals surface area contributed by atoms with Gasteiger partial charge in [-0.25, -0.2) is 0 Å². The zero-order valence-corrected chi connectivity index (χ0v) is 12.6. The van der Waals surface area contributed by atoms with Crippen molar-refractivity contribution >= 4 is 0 Å². The number of likely N-dealkylation sites (tertiary alicyclic amines) is 1. The molecule has 0 amide bonds. The molecule has 1 aromatic rings. The van der Waals surface area contributed by atoms with E-state index in [1.807, 2.05) is 0 Å². The molecule has 118 valence electrons. The third kappa shape index (κ3) is 4.02. The fraction of sp³-hybridized carbons (Fsp3) is 0.867. The highest BCUT2D eigenvalue weighted by molar-refractivity contribution is 4.87. The summed E-state index contributed by atoms with van der Waals surface area (Å²) in [5.41, 5.74) is 0. The van der Waals surface area contributed by atoms with E-state index in [1.54, 1.807) is 0 Å². The smallest absolute Gasteiger partial charge is 0.252 e. The molecule has 2 N–H and O–H groups in total. The fourth-order valence-corrected chi connectivity index (χ4v) is 3.58. The Kier molecular flexibility index (Phi) is 5.22. The molecule has 1 aliphatic carbocycles. The average Bonchev–Trinajstić information content (AvgIpc) is 3.19. The maximum absolute atomic E-state index is 8.88. The summed E-state index contributed by atoms with van der Waals surface area (Å²) in [4.78, 5) is 6.79. The maximum atomic E-state index is 8.88. The molecule has 0 aromatic carbocycles. The largest absolute Gasteiger partial charge is 0.387 e. The van der Waals surface area contributed by atoms with Gasteiger partial charge in [-0.1, -0.05) is 18.0 Å². The van der Waals surface area contributed by atoms with Crippen LogP contribution in [-0.2, 0) is 13.0 Å². The van der Waals surface area contributed by atoms with Gasteiger partial charge < -0.3 is 19.8 Å². The van der Waals surface area contributed by atoms with E-state index >= 15 is 0 Å². The van der Waals surface area contributed by atoms with E-state index in [4.69, 9.17) is 9.63 Å². The number of nitrogens with zero attached hydrogens (tertiary/aromatic N) is 3. The van der Waals surface area contributed by atoms with Crippen LogP contribution in [0, 0.1) is 0 Å². The Morgan fingerprint density at radius 3 is 2.62 bits per heavy atom. The van der Waals surface area contributed by atoms with Gasteiger partial charge in [0.15, 0.2) is 5.82 Å². The third-order valence-electron chi connectivity index (χ3n) is 4.80. The number of aromatic nitrogens is 2. The minimum Gasteiger partial charge on any atom is -0.387 e. The molecule has 0 bridgehead atoms. The van der Waals surface area contributed by atoms with Gasteiger partial charge >= 0.3 is 0 Å². The van der Waals surface area contributed by atoms with Gasteiger partial charge in [0.1, 0.15) is 6.61 Å². The van der Waals surface area contributed by atoms with Crippen molar-refractivity contribution < 1.29 is 9.63 Å². The van der Waals surface area contributed by atoms with Crippen LogP contribution in [0.5, 0.6) is 0 Å². The van der Waals surface area contributed by atoms with Crippen molar-refractivity contribution in [2.75, 3.05) is 19.6 Å². The lowest BCUT2D eigenvalue weighted by atomic mass is 10.0. The number of aliphatic hydroxyl groups is 1. The molecule has 2 heterocycles. The van der Waals surface area contributed by atoms with E-state index < -0.39 is 0 Å². The maximum Gasteiger partial charge on any atom is 0.252 e. The Balaban J connectivity index is 1.33. The number of nitrogens with one attached hydrogen (secondary N) is 1. The van der Waals surface area contributed by atoms with E-state index in [-0.39, 0.29) is 6.61 Å². The second-order valence-corrected chi connectivity index (χ2v) is 6.22. The van der Waals surface area contributed by atoms with Crippen molar-refractivity contribution in [2.45, 2.75) is 63.6 Å². The van der Waals surface area contributed by atoms with Gasteiger partial charge in [0.2, 0.25) is 0 Å². The van der Waals surface area contributed by atoms with E-state index in [1.165, 1.54) is 51.6 Å². The molecular formula is C15H26N4O2. The number of hydrogen-bond acceptors (Lipinski definition) is 6. The molecule has 2 fully saturated rings. The Morgan fingerprint density at radius 1 is 1.19 bits per heavy atom. The molecule has 0 radical (unpaired) electrons. The number of hydrogen-bond donors (Lipinski definition) is 2. The predicted octanol–water partition coefficient (Wildman–Crippen LogP) is 1.10. The standard InChI is InChI=1S/C15H26N4O2/c20-11-15-17-14(18-21-15)5-8-16-12-6-9-19(10-7-12)13-3-1-2-4-13/h12-13,16,20H,1-11H2. The Bertz CT molecular complexity index is 423. The lowest BCUT2D eigenvalue weighted by molar-refractivity contribution is 0.145. The van der Waals surface area contributed by atoms with Crippen molar-refractivity contribution in [3.63, 3.8) is 0 Å². The second-order valence-electron chi connectivity index (χ2n) is 6.22.